The molecule has 1 amide bonds. The molecule has 0 atom stereocenters. The number of pyridine rings is 1. The highest BCUT2D eigenvalue weighted by Gasteiger charge is 2.16. The molecule has 162 valence electrons. The van der Waals surface area contributed by atoms with Crippen molar-refractivity contribution >= 4 is 61.6 Å². The molecule has 0 saturated carbocycles. The van der Waals surface area contributed by atoms with E-state index in [0.717, 1.165) is 33.1 Å². The van der Waals surface area contributed by atoms with Crippen molar-refractivity contribution in [1.29, 1.82) is 0 Å². The molecule has 4 aromatic rings. The minimum absolute atomic E-state index is 0.263. The second kappa shape index (κ2) is 10.0. The summed E-state index contributed by atoms with van der Waals surface area (Å²) in [6.07, 6.45) is 3.39. The van der Waals surface area contributed by atoms with Gasteiger partial charge in [0.1, 0.15) is 0 Å². The topological polar surface area (TPSA) is 42.0 Å². The van der Waals surface area contributed by atoms with Crippen LogP contribution in [-0.2, 0) is 6.42 Å². The summed E-state index contributed by atoms with van der Waals surface area (Å²) >= 11 is 15.7. The average Bonchev–Trinajstić information content (AvgIpc) is 2.79. The molecule has 0 fully saturated rings. The van der Waals surface area contributed by atoms with E-state index in [1.54, 1.807) is 18.2 Å². The third-order valence-corrected chi connectivity index (χ3v) is 6.30. The fourth-order valence-electron chi connectivity index (χ4n) is 3.54. The van der Waals surface area contributed by atoms with Crippen molar-refractivity contribution in [2.75, 3.05) is 5.32 Å². The molecule has 0 bridgehead atoms. The van der Waals surface area contributed by atoms with Crippen molar-refractivity contribution in [1.82, 2.24) is 4.98 Å². The molecule has 0 aliphatic heterocycles. The highest BCUT2D eigenvalue weighted by atomic mass is 79.9. The van der Waals surface area contributed by atoms with Gasteiger partial charge in [0.25, 0.3) is 5.91 Å². The van der Waals surface area contributed by atoms with Crippen molar-refractivity contribution in [3.63, 3.8) is 0 Å². The Labute approximate surface area is 205 Å². The molecule has 1 heterocycles. The zero-order chi connectivity index (χ0) is 22.7. The lowest BCUT2D eigenvalue weighted by atomic mass is 10.0. The van der Waals surface area contributed by atoms with E-state index in [0.29, 0.717) is 21.3 Å². The van der Waals surface area contributed by atoms with Crippen molar-refractivity contribution in [2.45, 2.75) is 26.2 Å². The number of amides is 1. The SMILES string of the molecule is CCCCc1ccc(-c2cc(C(=O)Nc3ccc(Cl)cc3Cl)c3cc(Br)ccc3n2)cc1. The normalized spacial score (nSPS) is 11.0. The summed E-state index contributed by atoms with van der Waals surface area (Å²) in [6.45, 7) is 2.19. The Kier molecular flexibility index (Phi) is 7.14. The van der Waals surface area contributed by atoms with Gasteiger partial charge in [0.05, 0.1) is 27.5 Å². The number of unbranched alkanes of at least 4 members (excludes halogenated alkanes) is 1. The van der Waals surface area contributed by atoms with E-state index >= 15 is 0 Å². The van der Waals surface area contributed by atoms with E-state index in [1.807, 2.05) is 24.3 Å². The number of aromatic nitrogens is 1. The molecule has 0 spiro atoms. The van der Waals surface area contributed by atoms with Crippen LogP contribution in [0.3, 0.4) is 0 Å². The maximum atomic E-state index is 13.3. The van der Waals surface area contributed by atoms with E-state index in [1.165, 1.54) is 18.4 Å². The van der Waals surface area contributed by atoms with Gasteiger partial charge in [-0.3, -0.25) is 4.79 Å². The van der Waals surface area contributed by atoms with Crippen LogP contribution in [0.4, 0.5) is 5.69 Å². The number of rotatable bonds is 6. The van der Waals surface area contributed by atoms with Gasteiger partial charge in [0, 0.05) is 20.4 Å². The van der Waals surface area contributed by atoms with Gasteiger partial charge in [-0.1, -0.05) is 76.7 Å². The van der Waals surface area contributed by atoms with E-state index < -0.39 is 0 Å². The molecule has 3 aromatic carbocycles. The van der Waals surface area contributed by atoms with Gasteiger partial charge in [-0.05, 0) is 60.9 Å². The second-order valence-corrected chi connectivity index (χ2v) is 9.35. The van der Waals surface area contributed by atoms with E-state index in [-0.39, 0.29) is 5.91 Å². The number of nitrogens with zero attached hydrogens (tertiary/aromatic N) is 1. The summed E-state index contributed by atoms with van der Waals surface area (Å²) in [6, 6.07) is 20.9. The number of fused-ring (bicyclic) bond motifs is 1. The molecule has 6 heteroatoms. The van der Waals surface area contributed by atoms with Gasteiger partial charge >= 0.3 is 0 Å². The summed E-state index contributed by atoms with van der Waals surface area (Å²) < 4.78 is 0.874. The lowest BCUT2D eigenvalue weighted by Gasteiger charge is -2.12. The first kappa shape index (κ1) is 22.8. The third kappa shape index (κ3) is 5.15. The molecule has 3 nitrogen and oxygen atoms in total. The van der Waals surface area contributed by atoms with Crippen LogP contribution in [0.5, 0.6) is 0 Å². The lowest BCUT2D eigenvalue weighted by Crippen LogP contribution is -2.13. The number of carbonyl (C=O) groups excluding carboxylic acids is 1. The number of anilines is 1. The van der Waals surface area contributed by atoms with Crippen LogP contribution in [0.1, 0.15) is 35.7 Å². The van der Waals surface area contributed by atoms with Crippen molar-refractivity contribution in [3.05, 3.63) is 92.4 Å². The molecular formula is C26H21BrCl2N2O. The number of hydrogen-bond donors (Lipinski definition) is 1. The average molecular weight is 528 g/mol. The van der Waals surface area contributed by atoms with Crippen LogP contribution in [0, 0.1) is 0 Å². The maximum absolute atomic E-state index is 13.3. The smallest absolute Gasteiger partial charge is 0.256 e. The Morgan fingerprint density at radius 1 is 1.00 bits per heavy atom. The summed E-state index contributed by atoms with van der Waals surface area (Å²) in [4.78, 5) is 18.1. The van der Waals surface area contributed by atoms with Crippen molar-refractivity contribution in [3.8, 4) is 11.3 Å². The molecule has 32 heavy (non-hydrogen) atoms. The summed E-state index contributed by atoms with van der Waals surface area (Å²) in [5.74, 6) is -0.263. The van der Waals surface area contributed by atoms with Crippen LogP contribution >= 0.6 is 39.1 Å². The number of aryl methyl sites for hydroxylation is 1. The van der Waals surface area contributed by atoms with Crippen LogP contribution in [0.15, 0.2) is 71.2 Å². The summed E-state index contributed by atoms with van der Waals surface area (Å²) in [7, 11) is 0. The minimum atomic E-state index is -0.263. The largest absolute Gasteiger partial charge is 0.321 e. The quantitative estimate of drug-likeness (QED) is 0.273. The predicted octanol–water partition coefficient (Wildman–Crippen LogP) is 8.57. The predicted molar refractivity (Wildman–Crippen MR) is 138 cm³/mol. The summed E-state index contributed by atoms with van der Waals surface area (Å²) in [5, 5.41) is 4.55. The van der Waals surface area contributed by atoms with Crippen LogP contribution in [0.25, 0.3) is 22.2 Å². The molecule has 0 aliphatic carbocycles. The van der Waals surface area contributed by atoms with Gasteiger partial charge in [-0.25, -0.2) is 4.98 Å². The molecule has 4 rings (SSSR count). The highest BCUT2D eigenvalue weighted by Crippen LogP contribution is 2.30. The molecule has 0 unspecified atom stereocenters. The van der Waals surface area contributed by atoms with Crippen LogP contribution < -0.4 is 5.32 Å². The number of hydrogen-bond acceptors (Lipinski definition) is 2. The molecule has 0 saturated heterocycles. The number of nitrogens with one attached hydrogen (secondary N) is 1. The van der Waals surface area contributed by atoms with E-state index in [2.05, 4.69) is 52.4 Å². The van der Waals surface area contributed by atoms with Crippen molar-refractivity contribution < 1.29 is 4.79 Å². The first-order valence-corrected chi connectivity index (χ1v) is 12.0. The van der Waals surface area contributed by atoms with Gasteiger partial charge in [0.15, 0.2) is 0 Å². The Hall–Kier alpha value is -2.40. The number of carbonyl (C=O) groups is 1. The Morgan fingerprint density at radius 3 is 2.50 bits per heavy atom. The molecule has 1 aromatic heterocycles. The summed E-state index contributed by atoms with van der Waals surface area (Å²) in [5.41, 5.74) is 4.78. The zero-order valence-electron chi connectivity index (χ0n) is 17.5. The monoisotopic (exact) mass is 526 g/mol. The zero-order valence-corrected chi connectivity index (χ0v) is 20.6. The first-order chi connectivity index (χ1) is 15.4. The molecule has 0 radical (unpaired) electrons. The van der Waals surface area contributed by atoms with Gasteiger partial charge in [0.2, 0.25) is 0 Å². The van der Waals surface area contributed by atoms with Crippen molar-refractivity contribution in [2.24, 2.45) is 0 Å². The Balaban J connectivity index is 1.75. The Morgan fingerprint density at radius 2 is 1.78 bits per heavy atom. The fourth-order valence-corrected chi connectivity index (χ4v) is 4.35. The third-order valence-electron chi connectivity index (χ3n) is 5.26. The fraction of sp³-hybridized carbons (Fsp3) is 0.154. The van der Waals surface area contributed by atoms with Gasteiger partial charge in [-0.2, -0.15) is 0 Å². The highest BCUT2D eigenvalue weighted by molar-refractivity contribution is 9.10. The van der Waals surface area contributed by atoms with E-state index in [4.69, 9.17) is 28.2 Å². The van der Waals surface area contributed by atoms with Gasteiger partial charge < -0.3 is 5.32 Å². The standard InChI is InChI=1S/C26H21BrCl2N2O/c1-2-3-4-16-5-7-17(8-6-16)25-15-21(20-13-18(27)9-11-23(20)30-25)26(32)31-24-12-10-19(28)14-22(24)29/h5-15H,2-4H2,1H3,(H,31,32). The Bertz CT molecular complexity index is 1290. The van der Waals surface area contributed by atoms with Gasteiger partial charge in [-0.15, -0.1) is 0 Å². The number of benzene rings is 3. The molecule has 0 aliphatic rings. The van der Waals surface area contributed by atoms with E-state index in [9.17, 15) is 4.79 Å². The van der Waals surface area contributed by atoms with Crippen LogP contribution in [-0.4, -0.2) is 10.9 Å². The minimum Gasteiger partial charge on any atom is -0.321 e. The molecular weight excluding hydrogens is 507 g/mol. The maximum Gasteiger partial charge on any atom is 0.256 e. The first-order valence-electron chi connectivity index (χ1n) is 10.4. The number of halogens is 3. The molecule has 1 N–H and O–H groups in total. The second-order valence-electron chi connectivity index (χ2n) is 7.60. The lowest BCUT2D eigenvalue weighted by molar-refractivity contribution is 0.102. The van der Waals surface area contributed by atoms with Crippen LogP contribution in [0.2, 0.25) is 10.0 Å².